The maximum atomic E-state index is 4.38. The number of nitrogens with one attached hydrogen (secondary N) is 1. The molecule has 0 aliphatic carbocycles. The molecule has 0 bridgehead atoms. The van der Waals surface area contributed by atoms with Crippen molar-refractivity contribution in [2.75, 3.05) is 5.32 Å². The molecule has 3 nitrogen and oxygen atoms in total. The molecule has 0 saturated heterocycles. The highest BCUT2D eigenvalue weighted by Crippen LogP contribution is 2.21. The zero-order chi connectivity index (χ0) is 11.5. The molecule has 1 aromatic carbocycles. The number of nitrogens with zero attached hydrogens (tertiary/aromatic N) is 2. The molecule has 1 N–H and O–H groups in total. The normalized spacial score (nSPS) is 10.6. The molecule has 3 rings (SSSR count). The molecule has 84 valence electrons. The van der Waals surface area contributed by atoms with E-state index < -0.39 is 0 Å². The van der Waals surface area contributed by atoms with E-state index in [1.807, 2.05) is 36.1 Å². The van der Waals surface area contributed by atoms with Crippen molar-refractivity contribution < 1.29 is 0 Å². The molecule has 17 heavy (non-hydrogen) atoms. The number of aromatic nitrogens is 2. The number of thiazole rings is 1. The van der Waals surface area contributed by atoms with Gasteiger partial charge >= 0.3 is 0 Å². The number of hydrogen-bond acceptors (Lipinski definition) is 4. The monoisotopic (exact) mass is 241 g/mol. The van der Waals surface area contributed by atoms with Gasteiger partial charge in [0, 0.05) is 22.7 Å². The molecule has 0 unspecified atom stereocenters. The minimum absolute atomic E-state index is 0.770. The van der Waals surface area contributed by atoms with Crippen LogP contribution in [0, 0.1) is 0 Å². The number of benzene rings is 1. The molecular formula is C13H11N3S. The molecule has 4 heteroatoms. The Labute approximate surface area is 103 Å². The van der Waals surface area contributed by atoms with Gasteiger partial charge in [-0.25, -0.2) is 4.98 Å². The first-order valence-electron chi connectivity index (χ1n) is 5.38. The summed E-state index contributed by atoms with van der Waals surface area (Å²) < 4.78 is 0. The lowest BCUT2D eigenvalue weighted by Gasteiger charge is -2.07. The van der Waals surface area contributed by atoms with Crippen molar-refractivity contribution in [3.05, 3.63) is 53.1 Å². The van der Waals surface area contributed by atoms with Gasteiger partial charge in [0.05, 0.1) is 12.1 Å². The van der Waals surface area contributed by atoms with Crippen LogP contribution in [0.25, 0.3) is 10.8 Å². The van der Waals surface area contributed by atoms with Gasteiger partial charge in [0.25, 0.3) is 0 Å². The summed E-state index contributed by atoms with van der Waals surface area (Å²) in [5, 5.41) is 5.70. The van der Waals surface area contributed by atoms with Gasteiger partial charge in [0.2, 0.25) is 0 Å². The van der Waals surface area contributed by atoms with Gasteiger partial charge in [-0.2, -0.15) is 0 Å². The van der Waals surface area contributed by atoms with Crippen molar-refractivity contribution in [3.8, 4) is 0 Å². The summed E-state index contributed by atoms with van der Waals surface area (Å²) in [5.74, 6) is 0.927. The van der Waals surface area contributed by atoms with Crippen molar-refractivity contribution in [3.63, 3.8) is 0 Å². The summed E-state index contributed by atoms with van der Waals surface area (Å²) in [6.45, 7) is 0.770. The predicted octanol–water partition coefficient (Wildman–Crippen LogP) is 3.30. The Balaban J connectivity index is 1.90. The molecule has 2 aromatic heterocycles. The third-order valence-corrected chi connectivity index (χ3v) is 3.37. The second kappa shape index (κ2) is 4.51. The summed E-state index contributed by atoms with van der Waals surface area (Å²) in [6, 6.07) is 10.3. The molecule has 0 radical (unpaired) electrons. The smallest absolute Gasteiger partial charge is 0.134 e. The van der Waals surface area contributed by atoms with Crippen LogP contribution in [-0.2, 0) is 6.54 Å². The molecular weight excluding hydrogens is 230 g/mol. The number of anilines is 1. The Morgan fingerprint density at radius 3 is 3.00 bits per heavy atom. The Hall–Kier alpha value is -1.94. The van der Waals surface area contributed by atoms with Crippen LogP contribution < -0.4 is 5.32 Å². The SMILES string of the molecule is c1ccc2c(NCc3cncs3)nccc2c1. The van der Waals surface area contributed by atoms with E-state index in [4.69, 9.17) is 0 Å². The van der Waals surface area contributed by atoms with Crippen molar-refractivity contribution in [2.24, 2.45) is 0 Å². The molecule has 0 atom stereocenters. The van der Waals surface area contributed by atoms with Crippen LogP contribution in [0.5, 0.6) is 0 Å². The van der Waals surface area contributed by atoms with Crippen LogP contribution >= 0.6 is 11.3 Å². The van der Waals surface area contributed by atoms with Gasteiger partial charge in [-0.05, 0) is 11.5 Å². The third-order valence-electron chi connectivity index (χ3n) is 2.59. The molecule has 0 aliphatic heterocycles. The first kappa shape index (κ1) is 10.2. The highest BCUT2D eigenvalue weighted by Gasteiger charge is 2.01. The van der Waals surface area contributed by atoms with E-state index >= 15 is 0 Å². The quantitative estimate of drug-likeness (QED) is 0.764. The molecule has 2 heterocycles. The van der Waals surface area contributed by atoms with Crippen molar-refractivity contribution in [2.45, 2.75) is 6.54 Å². The first-order chi connectivity index (χ1) is 8.43. The Kier molecular flexibility index (Phi) is 2.71. The number of fused-ring (bicyclic) bond motifs is 1. The van der Waals surface area contributed by atoms with Crippen molar-refractivity contribution in [1.29, 1.82) is 0 Å². The fourth-order valence-corrected chi connectivity index (χ4v) is 2.30. The largest absolute Gasteiger partial charge is 0.365 e. The summed E-state index contributed by atoms with van der Waals surface area (Å²) >= 11 is 1.65. The standard InChI is InChI=1S/C13H11N3S/c1-2-4-12-10(3-1)5-6-15-13(12)16-8-11-7-14-9-17-11/h1-7,9H,8H2,(H,15,16). The average Bonchev–Trinajstić information content (AvgIpc) is 2.89. The minimum atomic E-state index is 0.770. The molecule has 0 fully saturated rings. The Morgan fingerprint density at radius 2 is 2.12 bits per heavy atom. The van der Waals surface area contributed by atoms with Crippen LogP contribution in [0.1, 0.15) is 4.88 Å². The van der Waals surface area contributed by atoms with E-state index in [0.29, 0.717) is 0 Å². The fraction of sp³-hybridized carbons (Fsp3) is 0.0769. The van der Waals surface area contributed by atoms with Gasteiger partial charge in [-0.1, -0.05) is 24.3 Å². The van der Waals surface area contributed by atoms with E-state index in [-0.39, 0.29) is 0 Å². The van der Waals surface area contributed by atoms with Crippen molar-refractivity contribution in [1.82, 2.24) is 9.97 Å². The second-order valence-electron chi connectivity index (χ2n) is 3.70. The van der Waals surface area contributed by atoms with Gasteiger partial charge in [0.15, 0.2) is 0 Å². The summed E-state index contributed by atoms with van der Waals surface area (Å²) in [7, 11) is 0. The molecule has 0 saturated carbocycles. The van der Waals surface area contributed by atoms with Crippen LogP contribution in [0.3, 0.4) is 0 Å². The molecule has 0 spiro atoms. The molecule has 0 amide bonds. The maximum absolute atomic E-state index is 4.38. The van der Waals surface area contributed by atoms with Crippen molar-refractivity contribution >= 4 is 27.9 Å². The topological polar surface area (TPSA) is 37.8 Å². The fourth-order valence-electron chi connectivity index (χ4n) is 1.76. The lowest BCUT2D eigenvalue weighted by Crippen LogP contribution is -2.00. The van der Waals surface area contributed by atoms with E-state index in [1.54, 1.807) is 11.3 Å². The van der Waals surface area contributed by atoms with Crippen LogP contribution in [0.15, 0.2) is 48.2 Å². The molecule has 0 aliphatic rings. The summed E-state index contributed by atoms with van der Waals surface area (Å²) in [5.41, 5.74) is 1.84. The van der Waals surface area contributed by atoms with E-state index in [9.17, 15) is 0 Å². The van der Waals surface area contributed by atoms with Gasteiger partial charge < -0.3 is 5.32 Å². The Bertz CT molecular complexity index is 614. The lowest BCUT2D eigenvalue weighted by molar-refractivity contribution is 1.14. The van der Waals surface area contributed by atoms with Crippen LogP contribution in [0.4, 0.5) is 5.82 Å². The second-order valence-corrected chi connectivity index (χ2v) is 4.67. The summed E-state index contributed by atoms with van der Waals surface area (Å²) in [6.07, 6.45) is 3.71. The maximum Gasteiger partial charge on any atom is 0.134 e. The molecule has 3 aromatic rings. The first-order valence-corrected chi connectivity index (χ1v) is 6.26. The van der Waals surface area contributed by atoms with Gasteiger partial charge in [-0.3, -0.25) is 4.98 Å². The van der Waals surface area contributed by atoms with Gasteiger partial charge in [0.1, 0.15) is 5.82 Å². The highest BCUT2D eigenvalue weighted by atomic mass is 32.1. The van der Waals surface area contributed by atoms with E-state index in [0.717, 1.165) is 17.7 Å². The average molecular weight is 241 g/mol. The predicted molar refractivity (Wildman–Crippen MR) is 71.2 cm³/mol. The van der Waals surface area contributed by atoms with Crippen LogP contribution in [-0.4, -0.2) is 9.97 Å². The van der Waals surface area contributed by atoms with Gasteiger partial charge in [-0.15, -0.1) is 11.3 Å². The van der Waals surface area contributed by atoms with E-state index in [1.165, 1.54) is 10.3 Å². The Morgan fingerprint density at radius 1 is 1.18 bits per heavy atom. The third kappa shape index (κ3) is 2.12. The highest BCUT2D eigenvalue weighted by molar-refractivity contribution is 7.09. The summed E-state index contributed by atoms with van der Waals surface area (Å²) in [4.78, 5) is 9.64. The minimum Gasteiger partial charge on any atom is -0.365 e. The lowest BCUT2D eigenvalue weighted by atomic mass is 10.1. The zero-order valence-corrected chi connectivity index (χ0v) is 9.95. The number of hydrogen-bond donors (Lipinski definition) is 1. The zero-order valence-electron chi connectivity index (χ0n) is 9.13. The van der Waals surface area contributed by atoms with Crippen LogP contribution in [0.2, 0.25) is 0 Å². The number of rotatable bonds is 3. The van der Waals surface area contributed by atoms with E-state index in [2.05, 4.69) is 27.4 Å². The number of pyridine rings is 1.